The third-order valence-corrected chi connectivity index (χ3v) is 4.62. The van der Waals surface area contributed by atoms with Gasteiger partial charge in [-0.3, -0.25) is 14.6 Å². The molecule has 1 saturated carbocycles. The van der Waals surface area contributed by atoms with E-state index >= 15 is 0 Å². The van der Waals surface area contributed by atoms with E-state index in [0.717, 1.165) is 42.3 Å². The predicted octanol–water partition coefficient (Wildman–Crippen LogP) is 4.14. The second kappa shape index (κ2) is 7.83. The maximum absolute atomic E-state index is 12.6. The molecule has 5 nitrogen and oxygen atoms in total. The van der Waals surface area contributed by atoms with E-state index in [1.807, 2.05) is 12.1 Å². The fourth-order valence-corrected chi connectivity index (χ4v) is 3.04. The highest BCUT2D eigenvalue weighted by Crippen LogP contribution is 2.40. The first-order valence-corrected chi connectivity index (χ1v) is 9.02. The van der Waals surface area contributed by atoms with Crippen LogP contribution in [0.25, 0.3) is 10.9 Å². The number of pyridine rings is 1. The number of nitrogens with zero attached hydrogens (tertiary/aromatic N) is 1. The summed E-state index contributed by atoms with van der Waals surface area (Å²) in [4.78, 5) is 27.8. The number of aromatic nitrogens is 1. The van der Waals surface area contributed by atoms with Gasteiger partial charge in [0.05, 0.1) is 11.1 Å². The molecule has 1 fully saturated rings. The van der Waals surface area contributed by atoms with Gasteiger partial charge in [0.2, 0.25) is 0 Å². The first-order valence-electron chi connectivity index (χ1n) is 8.65. The summed E-state index contributed by atoms with van der Waals surface area (Å²) in [6.07, 6.45) is 4.59. The highest BCUT2D eigenvalue weighted by atomic mass is 35.5. The highest BCUT2D eigenvalue weighted by molar-refractivity contribution is 6.31. The van der Waals surface area contributed by atoms with Crippen LogP contribution < -0.4 is 5.32 Å². The van der Waals surface area contributed by atoms with Gasteiger partial charge in [-0.15, -0.1) is 0 Å². The molecule has 0 unspecified atom stereocenters. The van der Waals surface area contributed by atoms with Crippen molar-refractivity contribution >= 4 is 34.4 Å². The van der Waals surface area contributed by atoms with Crippen LogP contribution in [-0.4, -0.2) is 28.5 Å². The summed E-state index contributed by atoms with van der Waals surface area (Å²) >= 11 is 6.09. The van der Waals surface area contributed by atoms with Crippen molar-refractivity contribution in [3.63, 3.8) is 0 Å². The highest BCUT2D eigenvalue weighted by Gasteiger charge is 2.27. The minimum absolute atomic E-state index is 0.130. The van der Waals surface area contributed by atoms with Crippen molar-refractivity contribution in [1.82, 2.24) is 10.3 Å². The van der Waals surface area contributed by atoms with Gasteiger partial charge in [0, 0.05) is 35.0 Å². The van der Waals surface area contributed by atoms with Crippen LogP contribution in [0.5, 0.6) is 0 Å². The first kappa shape index (κ1) is 17.7. The molecule has 0 spiro atoms. The Bertz CT molecular complexity index is 803. The van der Waals surface area contributed by atoms with Gasteiger partial charge in [-0.25, -0.2) is 0 Å². The van der Waals surface area contributed by atoms with E-state index in [2.05, 4.69) is 10.3 Å². The number of amides is 1. The second-order valence-corrected chi connectivity index (χ2v) is 6.93. The minimum atomic E-state index is -0.781. The van der Waals surface area contributed by atoms with Gasteiger partial charge in [-0.1, -0.05) is 18.0 Å². The molecule has 2 N–H and O–H groups in total. The van der Waals surface area contributed by atoms with Crippen molar-refractivity contribution < 1.29 is 14.7 Å². The minimum Gasteiger partial charge on any atom is -0.481 e. The SMILES string of the molecule is O=C(O)CCCCCNC(=O)c1cc(C2CC2)nc2ccc(Cl)cc12. The molecule has 0 atom stereocenters. The number of nitrogens with one attached hydrogen (secondary N) is 1. The molecule has 132 valence electrons. The lowest BCUT2D eigenvalue weighted by molar-refractivity contribution is -0.137. The molecule has 1 amide bonds. The lowest BCUT2D eigenvalue weighted by atomic mass is 10.1. The van der Waals surface area contributed by atoms with Crippen molar-refractivity contribution in [1.29, 1.82) is 0 Å². The van der Waals surface area contributed by atoms with Crippen molar-refractivity contribution in [2.24, 2.45) is 0 Å². The van der Waals surface area contributed by atoms with Gasteiger partial charge in [0.1, 0.15) is 0 Å². The van der Waals surface area contributed by atoms with Gasteiger partial charge < -0.3 is 10.4 Å². The van der Waals surface area contributed by atoms with E-state index in [9.17, 15) is 9.59 Å². The lowest BCUT2D eigenvalue weighted by Gasteiger charge is -2.10. The van der Waals surface area contributed by atoms with Crippen LogP contribution in [0.1, 0.15) is 60.5 Å². The van der Waals surface area contributed by atoms with E-state index in [-0.39, 0.29) is 12.3 Å². The molecule has 2 aromatic rings. The van der Waals surface area contributed by atoms with Crippen LogP contribution in [0.4, 0.5) is 0 Å². The number of carbonyl (C=O) groups excluding carboxylic acids is 1. The summed E-state index contributed by atoms with van der Waals surface area (Å²) in [6.45, 7) is 0.529. The summed E-state index contributed by atoms with van der Waals surface area (Å²) in [6, 6.07) is 7.31. The Morgan fingerprint density at radius 2 is 2.00 bits per heavy atom. The van der Waals surface area contributed by atoms with E-state index < -0.39 is 5.97 Å². The summed E-state index contributed by atoms with van der Waals surface area (Å²) in [5, 5.41) is 12.9. The van der Waals surface area contributed by atoms with Crippen LogP contribution in [0.2, 0.25) is 5.02 Å². The number of hydrogen-bond donors (Lipinski definition) is 2. The number of rotatable bonds is 8. The molecule has 6 heteroatoms. The summed E-state index contributed by atoms with van der Waals surface area (Å²) < 4.78 is 0. The molecule has 3 rings (SSSR count). The maximum Gasteiger partial charge on any atom is 0.303 e. The molecule has 0 bridgehead atoms. The summed E-state index contributed by atoms with van der Waals surface area (Å²) in [7, 11) is 0. The fourth-order valence-electron chi connectivity index (χ4n) is 2.87. The average Bonchev–Trinajstić information content (AvgIpc) is 3.41. The lowest BCUT2D eigenvalue weighted by Crippen LogP contribution is -2.25. The summed E-state index contributed by atoms with van der Waals surface area (Å²) in [5.41, 5.74) is 2.38. The number of carbonyl (C=O) groups is 2. The summed E-state index contributed by atoms with van der Waals surface area (Å²) in [5.74, 6) is -0.450. The number of carboxylic acids is 1. The van der Waals surface area contributed by atoms with Crippen LogP contribution in [0.3, 0.4) is 0 Å². The monoisotopic (exact) mass is 360 g/mol. The topological polar surface area (TPSA) is 79.3 Å². The second-order valence-electron chi connectivity index (χ2n) is 6.49. The van der Waals surface area contributed by atoms with E-state index in [1.54, 1.807) is 12.1 Å². The molecule has 1 aromatic carbocycles. The standard InChI is InChI=1S/C19H21ClN2O3/c20-13-7-8-16-14(10-13)15(11-17(22-16)12-5-6-12)19(25)21-9-3-1-2-4-18(23)24/h7-8,10-12H,1-6,9H2,(H,21,25)(H,23,24). The molecule has 1 aliphatic rings. The Labute approximate surface area is 151 Å². The molecular formula is C19H21ClN2O3. The maximum atomic E-state index is 12.6. The van der Waals surface area contributed by atoms with E-state index in [1.165, 1.54) is 0 Å². The predicted molar refractivity (Wildman–Crippen MR) is 97.2 cm³/mol. The third kappa shape index (κ3) is 4.69. The number of carboxylic acid groups (broad SMARTS) is 1. The Kier molecular flexibility index (Phi) is 5.53. The van der Waals surface area contributed by atoms with Gasteiger partial charge >= 0.3 is 5.97 Å². The molecule has 0 radical (unpaired) electrons. The van der Waals surface area contributed by atoms with Gasteiger partial charge in [-0.2, -0.15) is 0 Å². The number of hydrogen-bond acceptors (Lipinski definition) is 3. The Hall–Kier alpha value is -2.14. The van der Waals surface area contributed by atoms with Gasteiger partial charge in [0.15, 0.2) is 0 Å². The van der Waals surface area contributed by atoms with Gasteiger partial charge in [0.25, 0.3) is 5.91 Å². The molecule has 1 heterocycles. The fraction of sp³-hybridized carbons (Fsp3) is 0.421. The number of unbranched alkanes of at least 4 members (excludes halogenated alkanes) is 2. The van der Waals surface area contributed by atoms with E-state index in [4.69, 9.17) is 16.7 Å². The third-order valence-electron chi connectivity index (χ3n) is 4.38. The van der Waals surface area contributed by atoms with Gasteiger partial charge in [-0.05, 0) is 49.9 Å². The Morgan fingerprint density at radius 1 is 1.20 bits per heavy atom. The average molecular weight is 361 g/mol. The first-order chi connectivity index (χ1) is 12.0. The smallest absolute Gasteiger partial charge is 0.303 e. The van der Waals surface area contributed by atoms with E-state index in [0.29, 0.717) is 29.5 Å². The molecule has 0 saturated heterocycles. The van der Waals surface area contributed by atoms with Crippen LogP contribution >= 0.6 is 11.6 Å². The Balaban J connectivity index is 1.69. The Morgan fingerprint density at radius 3 is 2.72 bits per heavy atom. The molecule has 1 aromatic heterocycles. The van der Waals surface area contributed by atoms with Crippen LogP contribution in [0, 0.1) is 0 Å². The van der Waals surface area contributed by atoms with Crippen LogP contribution in [0.15, 0.2) is 24.3 Å². The zero-order valence-corrected chi connectivity index (χ0v) is 14.7. The number of benzene rings is 1. The van der Waals surface area contributed by atoms with Crippen molar-refractivity contribution in [2.45, 2.75) is 44.4 Å². The zero-order chi connectivity index (χ0) is 17.8. The van der Waals surface area contributed by atoms with Crippen LogP contribution in [-0.2, 0) is 4.79 Å². The van der Waals surface area contributed by atoms with Crippen molar-refractivity contribution in [3.8, 4) is 0 Å². The molecule has 1 aliphatic carbocycles. The number of fused-ring (bicyclic) bond motifs is 1. The molecular weight excluding hydrogens is 340 g/mol. The molecule has 25 heavy (non-hydrogen) atoms. The largest absolute Gasteiger partial charge is 0.481 e. The number of halogens is 1. The van der Waals surface area contributed by atoms with Crippen molar-refractivity contribution in [3.05, 3.63) is 40.5 Å². The number of aliphatic carboxylic acids is 1. The van der Waals surface area contributed by atoms with Crippen molar-refractivity contribution in [2.75, 3.05) is 6.54 Å². The normalized spacial score (nSPS) is 13.8. The zero-order valence-electron chi connectivity index (χ0n) is 13.9. The molecule has 0 aliphatic heterocycles. The quantitative estimate of drug-likeness (QED) is 0.693.